The van der Waals surface area contributed by atoms with E-state index in [1.165, 1.54) is 32.7 Å². The van der Waals surface area contributed by atoms with E-state index < -0.39 is 42.4 Å². The Morgan fingerprint density at radius 2 is 1.73 bits per heavy atom. The number of halogens is 1. The monoisotopic (exact) mass is 623 g/mol. The van der Waals surface area contributed by atoms with Gasteiger partial charge in [0.15, 0.2) is 39.2 Å². The van der Waals surface area contributed by atoms with E-state index >= 15 is 0 Å². The molecule has 0 bridgehead atoms. The lowest BCUT2D eigenvalue weighted by Gasteiger charge is -2.23. The van der Waals surface area contributed by atoms with E-state index in [0.717, 1.165) is 6.42 Å². The molecule has 1 aliphatic heterocycles. The van der Waals surface area contributed by atoms with Crippen molar-refractivity contribution in [2.75, 3.05) is 18.5 Å². The Bertz CT molecular complexity index is 1290. The quantitative estimate of drug-likeness (QED) is 0.162. The van der Waals surface area contributed by atoms with E-state index in [-0.39, 0.29) is 6.61 Å². The highest BCUT2D eigenvalue weighted by Crippen LogP contribution is 2.36. The molecule has 12 nitrogen and oxygen atoms in total. The van der Waals surface area contributed by atoms with Crippen LogP contribution in [0, 0.1) is 3.83 Å². The molecule has 37 heavy (non-hydrogen) atoms. The number of benzene rings is 1. The average Bonchev–Trinajstić information content (AvgIpc) is 3.39. The van der Waals surface area contributed by atoms with Gasteiger partial charge in [-0.05, 0) is 12.0 Å². The smallest absolute Gasteiger partial charge is 0.303 e. The molecular formula is C24H26IN5O7. The first kappa shape index (κ1) is 26.7. The highest BCUT2D eigenvalue weighted by molar-refractivity contribution is 14.1. The lowest BCUT2D eigenvalue weighted by molar-refractivity contribution is -0.166. The molecule has 3 aromatic rings. The minimum atomic E-state index is -1.04. The summed E-state index contributed by atoms with van der Waals surface area (Å²) in [6.07, 6.45) is -1.62. The fraction of sp³-hybridized carbons (Fsp3) is 0.417. The molecule has 0 unspecified atom stereocenters. The number of carbonyl (C=O) groups is 3. The van der Waals surface area contributed by atoms with Gasteiger partial charge in [-0.2, -0.15) is 0 Å². The number of ether oxygens (including phenoxy) is 4. The van der Waals surface area contributed by atoms with Gasteiger partial charge >= 0.3 is 17.9 Å². The SMILES string of the molecule is CC(=O)OC[C@H]1O[C@@H](n2cnc3c(NCCc4ccccc4)nc(I)nc32)[C@H](OC(C)=O)[C@@H]1OC(C)=O. The molecule has 1 saturated heterocycles. The largest absolute Gasteiger partial charge is 0.463 e. The van der Waals surface area contributed by atoms with Crippen LogP contribution in [0.3, 0.4) is 0 Å². The van der Waals surface area contributed by atoms with Gasteiger partial charge in [0.1, 0.15) is 12.7 Å². The molecule has 0 aliphatic carbocycles. The number of nitrogens with one attached hydrogen (secondary N) is 1. The van der Waals surface area contributed by atoms with E-state index in [9.17, 15) is 14.4 Å². The predicted molar refractivity (Wildman–Crippen MR) is 138 cm³/mol. The molecule has 0 radical (unpaired) electrons. The fourth-order valence-electron chi connectivity index (χ4n) is 4.09. The fourth-order valence-corrected chi connectivity index (χ4v) is 4.56. The van der Waals surface area contributed by atoms with Crippen molar-refractivity contribution in [3.8, 4) is 0 Å². The summed E-state index contributed by atoms with van der Waals surface area (Å²) in [6, 6.07) is 10.0. The number of esters is 3. The first-order valence-corrected chi connectivity index (χ1v) is 12.6. The van der Waals surface area contributed by atoms with Crippen molar-refractivity contribution in [3.05, 3.63) is 46.1 Å². The van der Waals surface area contributed by atoms with Crippen molar-refractivity contribution in [3.63, 3.8) is 0 Å². The van der Waals surface area contributed by atoms with Gasteiger partial charge < -0.3 is 24.3 Å². The number of imidazole rings is 1. The third-order valence-electron chi connectivity index (χ3n) is 5.56. The second-order valence-electron chi connectivity index (χ2n) is 8.34. The summed E-state index contributed by atoms with van der Waals surface area (Å²) in [5.74, 6) is -1.18. The summed E-state index contributed by atoms with van der Waals surface area (Å²) in [6.45, 7) is 4.15. The third-order valence-corrected chi connectivity index (χ3v) is 6.04. The van der Waals surface area contributed by atoms with Crippen molar-refractivity contribution in [2.45, 2.75) is 51.7 Å². The Morgan fingerprint density at radius 3 is 2.41 bits per heavy atom. The van der Waals surface area contributed by atoms with Gasteiger partial charge in [-0.3, -0.25) is 19.0 Å². The molecule has 0 amide bonds. The van der Waals surface area contributed by atoms with Crippen LogP contribution >= 0.6 is 22.6 Å². The van der Waals surface area contributed by atoms with Crippen LogP contribution in [0.15, 0.2) is 36.7 Å². The van der Waals surface area contributed by atoms with Gasteiger partial charge in [-0.25, -0.2) is 15.0 Å². The van der Waals surface area contributed by atoms with Crippen molar-refractivity contribution < 1.29 is 33.3 Å². The van der Waals surface area contributed by atoms with Crippen LogP contribution in [-0.4, -0.2) is 68.9 Å². The Labute approximate surface area is 226 Å². The molecular weight excluding hydrogens is 597 g/mol. The van der Waals surface area contributed by atoms with Gasteiger partial charge in [0.2, 0.25) is 0 Å². The molecule has 13 heteroatoms. The Hall–Kier alpha value is -3.33. The number of rotatable bonds is 9. The van der Waals surface area contributed by atoms with Crippen LogP contribution in [0.1, 0.15) is 32.6 Å². The summed E-state index contributed by atoms with van der Waals surface area (Å²) in [5, 5.41) is 3.32. The molecule has 3 heterocycles. The Balaban J connectivity index is 1.65. The topological polar surface area (TPSA) is 144 Å². The van der Waals surface area contributed by atoms with E-state index in [2.05, 4.69) is 20.3 Å². The van der Waals surface area contributed by atoms with E-state index in [4.69, 9.17) is 18.9 Å². The van der Waals surface area contributed by atoms with E-state index in [1.54, 1.807) is 4.57 Å². The highest BCUT2D eigenvalue weighted by atomic mass is 127. The molecule has 1 N–H and O–H groups in total. The van der Waals surface area contributed by atoms with E-state index in [0.29, 0.717) is 27.4 Å². The van der Waals surface area contributed by atoms with Crippen LogP contribution in [0.2, 0.25) is 0 Å². The summed E-state index contributed by atoms with van der Waals surface area (Å²) >= 11 is 2.01. The minimum Gasteiger partial charge on any atom is -0.463 e. The maximum absolute atomic E-state index is 12.0. The second kappa shape index (κ2) is 11.8. The van der Waals surface area contributed by atoms with Crippen molar-refractivity contribution >= 4 is 57.5 Å². The molecule has 1 aliphatic rings. The zero-order chi connectivity index (χ0) is 26.5. The first-order valence-electron chi connectivity index (χ1n) is 11.5. The lowest BCUT2D eigenvalue weighted by Crippen LogP contribution is -2.40. The Morgan fingerprint density at radius 1 is 1.03 bits per heavy atom. The molecule has 0 spiro atoms. The Kier molecular flexibility index (Phi) is 8.53. The number of carbonyl (C=O) groups excluding carboxylic acids is 3. The van der Waals surface area contributed by atoms with Crippen molar-refractivity contribution in [1.82, 2.24) is 19.5 Å². The lowest BCUT2D eigenvalue weighted by atomic mass is 10.1. The number of fused-ring (bicyclic) bond motifs is 1. The van der Waals surface area contributed by atoms with Gasteiger partial charge in [0.25, 0.3) is 0 Å². The van der Waals surface area contributed by atoms with Crippen LogP contribution in [-0.2, 0) is 39.8 Å². The maximum Gasteiger partial charge on any atom is 0.303 e. The molecule has 196 valence electrons. The standard InChI is InChI=1S/C24H26IN5O7/c1-13(31)34-11-17-19(35-14(2)32)20(36-15(3)33)23(37-17)30-12-27-18-21(28-24(25)29-22(18)30)26-10-9-16-7-5-4-6-8-16/h4-8,12,17,19-20,23H,9-11H2,1-3H3,(H,26,28,29)/t17-,19-,20-,23-/m1/s1. The summed E-state index contributed by atoms with van der Waals surface area (Å²) in [5.41, 5.74) is 2.10. The zero-order valence-electron chi connectivity index (χ0n) is 20.4. The first-order chi connectivity index (χ1) is 17.7. The van der Waals surface area contributed by atoms with Crippen LogP contribution in [0.5, 0.6) is 0 Å². The van der Waals surface area contributed by atoms with Crippen LogP contribution < -0.4 is 5.32 Å². The average molecular weight is 623 g/mol. The van der Waals surface area contributed by atoms with Gasteiger partial charge in [-0.1, -0.05) is 30.3 Å². The summed E-state index contributed by atoms with van der Waals surface area (Å²) < 4.78 is 24.3. The number of hydrogen-bond acceptors (Lipinski definition) is 11. The molecule has 4 atom stereocenters. The molecule has 0 saturated carbocycles. The van der Waals surface area contributed by atoms with Crippen LogP contribution in [0.4, 0.5) is 5.82 Å². The minimum absolute atomic E-state index is 0.201. The van der Waals surface area contributed by atoms with Gasteiger partial charge in [-0.15, -0.1) is 0 Å². The summed E-state index contributed by atoms with van der Waals surface area (Å²) in [7, 11) is 0. The van der Waals surface area contributed by atoms with Crippen molar-refractivity contribution in [2.24, 2.45) is 0 Å². The molecule has 4 rings (SSSR count). The normalized spacial score (nSPS) is 21.0. The maximum atomic E-state index is 12.0. The number of aromatic nitrogens is 4. The second-order valence-corrected chi connectivity index (χ2v) is 9.31. The predicted octanol–water partition coefficient (Wildman–Crippen LogP) is 2.41. The number of nitrogens with zero attached hydrogens (tertiary/aromatic N) is 4. The molecule has 1 fully saturated rings. The van der Waals surface area contributed by atoms with Gasteiger partial charge in [0, 0.05) is 49.9 Å². The highest BCUT2D eigenvalue weighted by Gasteiger charge is 2.51. The van der Waals surface area contributed by atoms with E-state index in [1.807, 2.05) is 52.9 Å². The molecule has 1 aromatic carbocycles. The van der Waals surface area contributed by atoms with Crippen molar-refractivity contribution in [1.29, 1.82) is 0 Å². The number of hydrogen-bond donors (Lipinski definition) is 1. The van der Waals surface area contributed by atoms with Gasteiger partial charge in [0.05, 0.1) is 6.33 Å². The number of anilines is 1. The summed E-state index contributed by atoms with van der Waals surface area (Å²) in [4.78, 5) is 48.7. The molecule has 2 aromatic heterocycles. The third kappa shape index (κ3) is 6.52. The zero-order valence-corrected chi connectivity index (χ0v) is 22.6. The van der Waals surface area contributed by atoms with Crippen LogP contribution in [0.25, 0.3) is 11.2 Å².